The molecule has 0 radical (unpaired) electrons. The van der Waals surface area contributed by atoms with E-state index in [2.05, 4.69) is 20.8 Å². The number of carbonyl (C=O) groups is 1. The standard InChI is InChI=1S/C21H22FN5O3/c1-14-24-25-26-27(14)18(11-15-4-2-5-17(22)10-15)21(28)23-13-16-6-7-19-20(12-16)30-9-3-8-29-19/h2,4-7,10,12,18H,3,8-9,11,13H2,1H3,(H,23,28). The molecule has 2 aromatic carbocycles. The van der Waals surface area contributed by atoms with E-state index >= 15 is 0 Å². The maximum Gasteiger partial charge on any atom is 0.245 e. The van der Waals surface area contributed by atoms with E-state index in [-0.39, 0.29) is 18.1 Å². The summed E-state index contributed by atoms with van der Waals surface area (Å²) < 4.78 is 26.4. The number of halogens is 1. The van der Waals surface area contributed by atoms with E-state index in [1.807, 2.05) is 18.2 Å². The van der Waals surface area contributed by atoms with Crippen molar-refractivity contribution in [3.8, 4) is 11.5 Å². The van der Waals surface area contributed by atoms with Gasteiger partial charge in [-0.3, -0.25) is 4.79 Å². The van der Waals surface area contributed by atoms with Crippen molar-refractivity contribution in [3.63, 3.8) is 0 Å². The lowest BCUT2D eigenvalue weighted by Gasteiger charge is -2.18. The SMILES string of the molecule is Cc1nnnn1C(Cc1cccc(F)c1)C(=O)NCc1ccc2c(c1)OCCCO2. The van der Waals surface area contributed by atoms with Gasteiger partial charge in [-0.1, -0.05) is 18.2 Å². The van der Waals surface area contributed by atoms with Crippen LogP contribution in [-0.2, 0) is 17.8 Å². The Morgan fingerprint density at radius 1 is 1.17 bits per heavy atom. The highest BCUT2D eigenvalue weighted by molar-refractivity contribution is 5.80. The van der Waals surface area contributed by atoms with Gasteiger partial charge in [0.15, 0.2) is 11.5 Å². The van der Waals surface area contributed by atoms with E-state index in [0.29, 0.717) is 42.6 Å². The van der Waals surface area contributed by atoms with Crippen molar-refractivity contribution < 1.29 is 18.7 Å². The third kappa shape index (κ3) is 4.56. The molecule has 0 aliphatic carbocycles. The molecule has 0 saturated heterocycles. The molecule has 0 spiro atoms. The summed E-state index contributed by atoms with van der Waals surface area (Å²) >= 11 is 0. The van der Waals surface area contributed by atoms with Gasteiger partial charge in [-0.05, 0) is 52.7 Å². The Morgan fingerprint density at radius 3 is 2.77 bits per heavy atom. The molecule has 1 N–H and O–H groups in total. The highest BCUT2D eigenvalue weighted by Crippen LogP contribution is 2.30. The molecule has 1 aliphatic rings. The largest absolute Gasteiger partial charge is 0.490 e. The van der Waals surface area contributed by atoms with Gasteiger partial charge >= 0.3 is 0 Å². The number of nitrogens with zero attached hydrogens (tertiary/aromatic N) is 4. The molecule has 3 aromatic rings. The van der Waals surface area contributed by atoms with Crippen molar-refractivity contribution >= 4 is 5.91 Å². The number of aryl methyl sites for hydroxylation is 1. The number of nitrogens with one attached hydrogen (secondary N) is 1. The lowest BCUT2D eigenvalue weighted by atomic mass is 10.0. The number of hydrogen-bond donors (Lipinski definition) is 1. The number of carbonyl (C=O) groups excluding carboxylic acids is 1. The van der Waals surface area contributed by atoms with Crippen molar-refractivity contribution in [1.82, 2.24) is 25.5 Å². The molecule has 8 nitrogen and oxygen atoms in total. The number of fused-ring (bicyclic) bond motifs is 1. The highest BCUT2D eigenvalue weighted by Gasteiger charge is 2.24. The second kappa shape index (κ2) is 8.89. The lowest BCUT2D eigenvalue weighted by molar-refractivity contribution is -0.124. The van der Waals surface area contributed by atoms with Crippen LogP contribution in [0.15, 0.2) is 42.5 Å². The van der Waals surface area contributed by atoms with E-state index in [1.165, 1.54) is 16.8 Å². The molecule has 1 aliphatic heterocycles. The van der Waals surface area contributed by atoms with Crippen LogP contribution >= 0.6 is 0 Å². The van der Waals surface area contributed by atoms with Crippen molar-refractivity contribution in [1.29, 1.82) is 0 Å². The molecule has 1 unspecified atom stereocenters. The summed E-state index contributed by atoms with van der Waals surface area (Å²) in [6.45, 7) is 3.24. The quantitative estimate of drug-likeness (QED) is 0.670. The summed E-state index contributed by atoms with van der Waals surface area (Å²) in [5, 5.41) is 14.4. The van der Waals surface area contributed by atoms with Crippen LogP contribution in [0.4, 0.5) is 4.39 Å². The van der Waals surface area contributed by atoms with Gasteiger partial charge in [0.05, 0.1) is 13.2 Å². The number of benzene rings is 2. The number of rotatable bonds is 6. The summed E-state index contributed by atoms with van der Waals surface area (Å²) in [7, 11) is 0. The van der Waals surface area contributed by atoms with E-state index in [4.69, 9.17) is 9.47 Å². The normalized spacial score (nSPS) is 14.1. The fraction of sp³-hybridized carbons (Fsp3) is 0.333. The van der Waals surface area contributed by atoms with E-state index in [0.717, 1.165) is 12.0 Å². The molecule has 0 fully saturated rings. The van der Waals surface area contributed by atoms with E-state index < -0.39 is 6.04 Å². The van der Waals surface area contributed by atoms with E-state index in [1.54, 1.807) is 19.1 Å². The second-order valence-electron chi connectivity index (χ2n) is 7.07. The summed E-state index contributed by atoms with van der Waals surface area (Å²) in [5.74, 6) is 1.26. The molecule has 1 aromatic heterocycles. The van der Waals surface area contributed by atoms with Gasteiger partial charge in [0.1, 0.15) is 17.7 Å². The van der Waals surface area contributed by atoms with Crippen LogP contribution in [-0.4, -0.2) is 39.3 Å². The number of amides is 1. The topological polar surface area (TPSA) is 91.2 Å². The molecule has 4 rings (SSSR count). The molecular weight excluding hydrogens is 389 g/mol. The van der Waals surface area contributed by atoms with Crippen LogP contribution in [0.1, 0.15) is 29.4 Å². The number of aromatic nitrogens is 4. The third-order valence-corrected chi connectivity index (χ3v) is 4.85. The average Bonchev–Trinajstić information content (AvgIpc) is 3.02. The lowest BCUT2D eigenvalue weighted by Crippen LogP contribution is -2.34. The van der Waals surface area contributed by atoms with Gasteiger partial charge in [-0.25, -0.2) is 9.07 Å². The molecule has 0 bridgehead atoms. The third-order valence-electron chi connectivity index (χ3n) is 4.85. The molecule has 30 heavy (non-hydrogen) atoms. The predicted molar refractivity (Wildman–Crippen MR) is 106 cm³/mol. The van der Waals surface area contributed by atoms with Crippen molar-refractivity contribution in [2.75, 3.05) is 13.2 Å². The maximum atomic E-state index is 13.6. The van der Waals surface area contributed by atoms with Crippen molar-refractivity contribution in [3.05, 3.63) is 65.2 Å². The number of ether oxygens (including phenoxy) is 2. The molecule has 1 amide bonds. The van der Waals surface area contributed by atoms with Crippen LogP contribution in [0.5, 0.6) is 11.5 Å². The molecule has 2 heterocycles. The van der Waals surface area contributed by atoms with Crippen LogP contribution in [0, 0.1) is 12.7 Å². The number of tetrazole rings is 1. The van der Waals surface area contributed by atoms with Crippen LogP contribution in [0.25, 0.3) is 0 Å². The van der Waals surface area contributed by atoms with Gasteiger partial charge in [0.2, 0.25) is 5.91 Å². The zero-order chi connectivity index (χ0) is 20.9. The van der Waals surface area contributed by atoms with Gasteiger partial charge in [0.25, 0.3) is 0 Å². The first-order chi connectivity index (χ1) is 14.6. The summed E-state index contributed by atoms with van der Waals surface area (Å²) in [6, 6.07) is 11.0. The molecule has 1 atom stereocenters. The van der Waals surface area contributed by atoms with Crippen molar-refractivity contribution in [2.45, 2.75) is 32.4 Å². The Morgan fingerprint density at radius 2 is 2.00 bits per heavy atom. The fourth-order valence-electron chi connectivity index (χ4n) is 3.33. The Bertz CT molecular complexity index is 1040. The number of hydrogen-bond acceptors (Lipinski definition) is 6. The molecule has 9 heteroatoms. The zero-order valence-corrected chi connectivity index (χ0v) is 16.5. The Hall–Kier alpha value is -3.49. The van der Waals surface area contributed by atoms with Gasteiger partial charge in [-0.2, -0.15) is 0 Å². The van der Waals surface area contributed by atoms with Gasteiger partial charge in [0, 0.05) is 19.4 Å². The Kier molecular flexibility index (Phi) is 5.87. The minimum atomic E-state index is -0.706. The maximum absolute atomic E-state index is 13.6. The minimum Gasteiger partial charge on any atom is -0.490 e. The first-order valence-corrected chi connectivity index (χ1v) is 9.75. The van der Waals surface area contributed by atoms with Crippen LogP contribution in [0.2, 0.25) is 0 Å². The highest BCUT2D eigenvalue weighted by atomic mass is 19.1. The van der Waals surface area contributed by atoms with Gasteiger partial charge in [-0.15, -0.1) is 5.10 Å². The zero-order valence-electron chi connectivity index (χ0n) is 16.5. The van der Waals surface area contributed by atoms with Crippen molar-refractivity contribution in [2.24, 2.45) is 0 Å². The molecular formula is C21H22FN5O3. The second-order valence-corrected chi connectivity index (χ2v) is 7.07. The fourth-order valence-corrected chi connectivity index (χ4v) is 3.33. The monoisotopic (exact) mass is 411 g/mol. The van der Waals surface area contributed by atoms with Crippen LogP contribution in [0.3, 0.4) is 0 Å². The first-order valence-electron chi connectivity index (χ1n) is 9.75. The average molecular weight is 411 g/mol. The summed E-state index contributed by atoms with van der Waals surface area (Å²) in [5.41, 5.74) is 1.56. The summed E-state index contributed by atoms with van der Waals surface area (Å²) in [6.07, 6.45) is 1.09. The first kappa shape index (κ1) is 19.8. The minimum absolute atomic E-state index is 0.261. The Balaban J connectivity index is 1.49. The van der Waals surface area contributed by atoms with Crippen LogP contribution < -0.4 is 14.8 Å². The molecule has 0 saturated carbocycles. The van der Waals surface area contributed by atoms with Gasteiger partial charge < -0.3 is 14.8 Å². The van der Waals surface area contributed by atoms with E-state index in [9.17, 15) is 9.18 Å². The molecule has 156 valence electrons. The smallest absolute Gasteiger partial charge is 0.245 e. The Labute approximate surface area is 173 Å². The summed E-state index contributed by atoms with van der Waals surface area (Å²) in [4.78, 5) is 13.0. The predicted octanol–water partition coefficient (Wildman–Crippen LogP) is 2.38.